The van der Waals surface area contributed by atoms with Crippen LogP contribution in [0.4, 0.5) is 0 Å². The van der Waals surface area contributed by atoms with Crippen molar-refractivity contribution >= 4 is 5.91 Å². The standard InChI is InChI=1S/C22H27NO3/c1-16(2)11-13-26-20-9-8-18(14-21(20)25-3)22(24)23-12-10-17-6-4-5-7-19(17)15-23/h4-9,14,16H,10-13,15H2,1-3H3. The molecule has 0 saturated heterocycles. The van der Waals surface area contributed by atoms with Gasteiger partial charge in [0.2, 0.25) is 0 Å². The zero-order valence-corrected chi connectivity index (χ0v) is 15.8. The molecule has 1 amide bonds. The molecule has 0 unspecified atom stereocenters. The van der Waals surface area contributed by atoms with Crippen molar-refractivity contribution in [3.05, 3.63) is 59.2 Å². The number of ether oxygens (including phenoxy) is 2. The predicted molar refractivity (Wildman–Crippen MR) is 103 cm³/mol. The van der Waals surface area contributed by atoms with Gasteiger partial charge in [0.15, 0.2) is 11.5 Å². The largest absolute Gasteiger partial charge is 0.493 e. The molecule has 0 saturated carbocycles. The van der Waals surface area contributed by atoms with Gasteiger partial charge in [0, 0.05) is 18.7 Å². The molecule has 0 N–H and O–H groups in total. The summed E-state index contributed by atoms with van der Waals surface area (Å²) in [7, 11) is 1.61. The number of methoxy groups -OCH3 is 1. The topological polar surface area (TPSA) is 38.8 Å². The summed E-state index contributed by atoms with van der Waals surface area (Å²) in [5, 5.41) is 0. The number of fused-ring (bicyclic) bond motifs is 1. The molecule has 0 spiro atoms. The lowest BCUT2D eigenvalue weighted by atomic mass is 9.99. The quantitative estimate of drug-likeness (QED) is 0.776. The monoisotopic (exact) mass is 353 g/mol. The van der Waals surface area contributed by atoms with Crippen molar-refractivity contribution in [2.75, 3.05) is 20.3 Å². The summed E-state index contributed by atoms with van der Waals surface area (Å²) >= 11 is 0. The third kappa shape index (κ3) is 4.18. The highest BCUT2D eigenvalue weighted by Crippen LogP contribution is 2.30. The molecule has 0 fully saturated rings. The van der Waals surface area contributed by atoms with Crippen molar-refractivity contribution in [1.82, 2.24) is 4.90 Å². The molecule has 0 aromatic heterocycles. The van der Waals surface area contributed by atoms with Crippen molar-refractivity contribution in [2.24, 2.45) is 5.92 Å². The van der Waals surface area contributed by atoms with Gasteiger partial charge in [0.25, 0.3) is 5.91 Å². The fraction of sp³-hybridized carbons (Fsp3) is 0.409. The maximum atomic E-state index is 12.9. The molecule has 2 aromatic rings. The van der Waals surface area contributed by atoms with Crippen LogP contribution >= 0.6 is 0 Å². The molecule has 1 heterocycles. The Morgan fingerprint density at radius 3 is 2.62 bits per heavy atom. The highest BCUT2D eigenvalue weighted by atomic mass is 16.5. The number of hydrogen-bond acceptors (Lipinski definition) is 3. The number of rotatable bonds is 6. The van der Waals surface area contributed by atoms with Gasteiger partial charge in [0.05, 0.1) is 13.7 Å². The van der Waals surface area contributed by atoms with Crippen molar-refractivity contribution in [2.45, 2.75) is 33.2 Å². The fourth-order valence-electron chi connectivity index (χ4n) is 3.18. The maximum Gasteiger partial charge on any atom is 0.254 e. The number of nitrogens with zero attached hydrogens (tertiary/aromatic N) is 1. The Morgan fingerprint density at radius 2 is 1.88 bits per heavy atom. The Kier molecular flexibility index (Phi) is 5.82. The van der Waals surface area contributed by atoms with E-state index in [9.17, 15) is 4.79 Å². The van der Waals surface area contributed by atoms with E-state index in [1.807, 2.05) is 23.1 Å². The Balaban J connectivity index is 1.72. The minimum absolute atomic E-state index is 0.0338. The molecule has 0 bridgehead atoms. The van der Waals surface area contributed by atoms with Gasteiger partial charge in [-0.3, -0.25) is 4.79 Å². The van der Waals surface area contributed by atoms with Crippen LogP contribution in [0.15, 0.2) is 42.5 Å². The molecule has 138 valence electrons. The molecule has 26 heavy (non-hydrogen) atoms. The van der Waals surface area contributed by atoms with Crippen molar-refractivity contribution in [3.8, 4) is 11.5 Å². The van der Waals surface area contributed by atoms with Crippen LogP contribution in [0.25, 0.3) is 0 Å². The molecule has 2 aromatic carbocycles. The number of carbonyl (C=O) groups excluding carboxylic acids is 1. The predicted octanol–water partition coefficient (Wildman–Crippen LogP) is 4.32. The van der Waals surface area contributed by atoms with Crippen molar-refractivity contribution < 1.29 is 14.3 Å². The first-order valence-corrected chi connectivity index (χ1v) is 9.25. The van der Waals surface area contributed by atoms with Crippen molar-refractivity contribution in [1.29, 1.82) is 0 Å². The van der Waals surface area contributed by atoms with Gasteiger partial charge in [-0.2, -0.15) is 0 Å². The van der Waals surface area contributed by atoms with E-state index in [1.165, 1.54) is 11.1 Å². The summed E-state index contributed by atoms with van der Waals surface area (Å²) in [5.74, 6) is 1.92. The molecule has 1 aliphatic heterocycles. The van der Waals surface area contributed by atoms with Gasteiger partial charge in [-0.15, -0.1) is 0 Å². The van der Waals surface area contributed by atoms with E-state index in [2.05, 4.69) is 32.0 Å². The van der Waals surface area contributed by atoms with Gasteiger partial charge in [-0.05, 0) is 48.1 Å². The van der Waals surface area contributed by atoms with Gasteiger partial charge in [-0.1, -0.05) is 38.1 Å². The molecular weight excluding hydrogens is 326 g/mol. The lowest BCUT2D eigenvalue weighted by Gasteiger charge is -2.29. The lowest BCUT2D eigenvalue weighted by molar-refractivity contribution is 0.0734. The molecule has 4 nitrogen and oxygen atoms in total. The molecule has 1 aliphatic rings. The molecule has 0 aliphatic carbocycles. The van der Waals surface area contributed by atoms with Gasteiger partial charge >= 0.3 is 0 Å². The van der Waals surface area contributed by atoms with Crippen LogP contribution in [0.5, 0.6) is 11.5 Å². The number of amides is 1. The zero-order valence-electron chi connectivity index (χ0n) is 15.8. The number of carbonyl (C=O) groups is 1. The highest BCUT2D eigenvalue weighted by Gasteiger charge is 2.22. The van der Waals surface area contributed by atoms with Gasteiger partial charge in [-0.25, -0.2) is 0 Å². The maximum absolute atomic E-state index is 12.9. The first kappa shape index (κ1) is 18.3. The smallest absolute Gasteiger partial charge is 0.254 e. The Morgan fingerprint density at radius 1 is 1.12 bits per heavy atom. The number of benzene rings is 2. The number of hydrogen-bond donors (Lipinski definition) is 0. The van der Waals surface area contributed by atoms with E-state index in [1.54, 1.807) is 13.2 Å². The van der Waals surface area contributed by atoms with Crippen LogP contribution in [0.1, 0.15) is 41.8 Å². The van der Waals surface area contributed by atoms with E-state index in [0.29, 0.717) is 36.1 Å². The van der Waals surface area contributed by atoms with Crippen LogP contribution in [-0.4, -0.2) is 31.1 Å². The first-order chi connectivity index (χ1) is 12.6. The third-order valence-electron chi connectivity index (χ3n) is 4.78. The lowest BCUT2D eigenvalue weighted by Crippen LogP contribution is -2.35. The summed E-state index contributed by atoms with van der Waals surface area (Å²) in [4.78, 5) is 14.8. The molecule has 3 rings (SSSR count). The van der Waals surface area contributed by atoms with Crippen LogP contribution in [0.2, 0.25) is 0 Å². The van der Waals surface area contributed by atoms with Crippen LogP contribution in [0, 0.1) is 5.92 Å². The summed E-state index contributed by atoms with van der Waals surface area (Å²) in [5.41, 5.74) is 3.20. The Bertz CT molecular complexity index is 770. The van der Waals surface area contributed by atoms with E-state index in [-0.39, 0.29) is 5.91 Å². The van der Waals surface area contributed by atoms with Gasteiger partial charge in [0.1, 0.15) is 0 Å². The van der Waals surface area contributed by atoms with E-state index < -0.39 is 0 Å². The average Bonchev–Trinajstić information content (AvgIpc) is 2.67. The third-order valence-corrected chi connectivity index (χ3v) is 4.78. The zero-order chi connectivity index (χ0) is 18.5. The Hall–Kier alpha value is -2.49. The second-order valence-electron chi connectivity index (χ2n) is 7.14. The van der Waals surface area contributed by atoms with Crippen LogP contribution in [0.3, 0.4) is 0 Å². The minimum Gasteiger partial charge on any atom is -0.493 e. The van der Waals surface area contributed by atoms with Crippen LogP contribution in [-0.2, 0) is 13.0 Å². The Labute approximate surface area is 155 Å². The summed E-state index contributed by atoms with van der Waals surface area (Å²) in [6.07, 6.45) is 1.88. The summed E-state index contributed by atoms with van der Waals surface area (Å²) in [6, 6.07) is 13.8. The second-order valence-corrected chi connectivity index (χ2v) is 7.14. The fourth-order valence-corrected chi connectivity index (χ4v) is 3.18. The summed E-state index contributed by atoms with van der Waals surface area (Å²) in [6.45, 7) is 6.37. The van der Waals surface area contributed by atoms with E-state index in [4.69, 9.17) is 9.47 Å². The molecule has 4 heteroatoms. The SMILES string of the molecule is COc1cc(C(=O)N2CCc3ccccc3C2)ccc1OCCC(C)C. The van der Waals surface area contributed by atoms with Gasteiger partial charge < -0.3 is 14.4 Å². The molecular formula is C22H27NO3. The normalized spacial score (nSPS) is 13.5. The second kappa shape index (κ2) is 8.26. The summed E-state index contributed by atoms with van der Waals surface area (Å²) < 4.78 is 11.3. The van der Waals surface area contributed by atoms with E-state index >= 15 is 0 Å². The average molecular weight is 353 g/mol. The molecule has 0 radical (unpaired) electrons. The molecule has 0 atom stereocenters. The highest BCUT2D eigenvalue weighted by molar-refractivity contribution is 5.95. The van der Waals surface area contributed by atoms with E-state index in [0.717, 1.165) is 19.4 Å². The first-order valence-electron chi connectivity index (χ1n) is 9.25. The minimum atomic E-state index is 0.0338. The van der Waals surface area contributed by atoms with Crippen LogP contribution < -0.4 is 9.47 Å². The van der Waals surface area contributed by atoms with Crippen molar-refractivity contribution in [3.63, 3.8) is 0 Å².